The number of esters is 2. The van der Waals surface area contributed by atoms with E-state index >= 15 is 0 Å². The fourth-order valence-electron chi connectivity index (χ4n) is 4.58. The number of rotatable bonds is 10. The molecule has 1 fully saturated rings. The quantitative estimate of drug-likeness (QED) is 0.262. The van der Waals surface area contributed by atoms with Crippen LogP contribution in [0.3, 0.4) is 0 Å². The first-order chi connectivity index (χ1) is 19.6. The molecule has 0 aliphatic carbocycles. The molecule has 42 heavy (non-hydrogen) atoms. The van der Waals surface area contributed by atoms with Crippen LogP contribution in [-0.4, -0.2) is 66.8 Å². The molecule has 0 aromatic heterocycles. The van der Waals surface area contributed by atoms with E-state index in [1.165, 1.54) is 18.2 Å². The summed E-state index contributed by atoms with van der Waals surface area (Å²) in [6.07, 6.45) is -6.16. The third-order valence-electron chi connectivity index (χ3n) is 6.67. The van der Waals surface area contributed by atoms with Crippen LogP contribution >= 0.6 is 0 Å². The van der Waals surface area contributed by atoms with E-state index in [2.05, 4.69) is 0 Å². The van der Waals surface area contributed by atoms with E-state index in [1.807, 2.05) is 18.2 Å². The van der Waals surface area contributed by atoms with E-state index in [4.69, 9.17) is 23.7 Å². The van der Waals surface area contributed by atoms with Crippen molar-refractivity contribution < 1.29 is 51.2 Å². The highest BCUT2D eigenvalue weighted by molar-refractivity contribution is 5.82. The minimum absolute atomic E-state index is 0.0150. The first kappa shape index (κ1) is 32.9. The number of carbonyl (C=O) groups excluding carboxylic acids is 3. The number of amides is 1. The van der Waals surface area contributed by atoms with Crippen molar-refractivity contribution in [2.75, 3.05) is 20.3 Å². The van der Waals surface area contributed by atoms with E-state index in [0.29, 0.717) is 0 Å². The van der Waals surface area contributed by atoms with Crippen molar-refractivity contribution in [1.82, 2.24) is 4.90 Å². The van der Waals surface area contributed by atoms with Gasteiger partial charge in [-0.05, 0) is 33.3 Å². The van der Waals surface area contributed by atoms with Crippen LogP contribution in [0.1, 0.15) is 51.7 Å². The second kappa shape index (κ2) is 13.1. The van der Waals surface area contributed by atoms with Crippen LogP contribution in [0.2, 0.25) is 0 Å². The molecule has 1 aliphatic heterocycles. The molecule has 0 bridgehead atoms. The summed E-state index contributed by atoms with van der Waals surface area (Å²) in [7, 11) is 0.765. The lowest BCUT2D eigenvalue weighted by molar-refractivity contribution is -0.276. The Hall–Kier alpha value is -3.64. The Morgan fingerprint density at radius 1 is 0.976 bits per heavy atom. The summed E-state index contributed by atoms with van der Waals surface area (Å²) >= 11 is 0. The van der Waals surface area contributed by atoms with Gasteiger partial charge >= 0.3 is 24.2 Å². The molecule has 1 heterocycles. The average Bonchev–Trinajstić information content (AvgIpc) is 3.26. The Balaban J connectivity index is 1.77. The highest BCUT2D eigenvalue weighted by atomic mass is 19.4. The van der Waals surface area contributed by atoms with Crippen molar-refractivity contribution >= 4 is 18.0 Å². The minimum Gasteiger partial charge on any atom is -0.461 e. The van der Waals surface area contributed by atoms with E-state index in [0.717, 1.165) is 29.7 Å². The highest BCUT2D eigenvalue weighted by Crippen LogP contribution is 2.43. The van der Waals surface area contributed by atoms with Gasteiger partial charge in [-0.3, -0.25) is 9.69 Å². The van der Waals surface area contributed by atoms with Crippen LogP contribution in [0.5, 0.6) is 0 Å². The molecule has 2 aromatic carbocycles. The largest absolute Gasteiger partial charge is 0.461 e. The number of alkyl halides is 3. The van der Waals surface area contributed by atoms with Gasteiger partial charge in [0.2, 0.25) is 0 Å². The van der Waals surface area contributed by atoms with Gasteiger partial charge in [-0.2, -0.15) is 13.2 Å². The van der Waals surface area contributed by atoms with Gasteiger partial charge in [0.25, 0.3) is 5.60 Å². The molecule has 9 nitrogen and oxygen atoms in total. The maximum Gasteiger partial charge on any atom is 0.432 e. The fourth-order valence-corrected chi connectivity index (χ4v) is 4.58. The Kier molecular flexibility index (Phi) is 10.3. The van der Waals surface area contributed by atoms with Crippen LogP contribution in [0, 0.1) is 0 Å². The molecule has 3 atom stereocenters. The SMILES string of the molecule is CO[C@@](C(=O)OC[C@@H]1CO[C@@](C)(CCC(=O)OCc2ccccc2)N1C(=O)OC(C)(C)C)(c1ccccc1)C(F)(F)F. The van der Waals surface area contributed by atoms with Gasteiger partial charge in [0.1, 0.15) is 24.5 Å². The lowest BCUT2D eigenvalue weighted by Crippen LogP contribution is -2.55. The molecule has 0 spiro atoms. The summed E-state index contributed by atoms with van der Waals surface area (Å²) in [5, 5.41) is 0. The summed E-state index contributed by atoms with van der Waals surface area (Å²) in [5.74, 6) is -2.24. The smallest absolute Gasteiger partial charge is 0.432 e. The average molecular weight is 596 g/mol. The standard InChI is InChI=1S/C30H36F3NO8/c1-27(2,3)42-26(37)34-23(19-40-25(36)29(38-5,30(31,32)33)22-14-10-7-11-15-22)20-41-28(34,4)17-16-24(35)39-18-21-12-8-6-9-13-21/h6-15,23H,16-20H2,1-5H3/t23-,28+,29-/m1/s1. The zero-order valence-corrected chi connectivity index (χ0v) is 24.2. The molecule has 0 N–H and O–H groups in total. The van der Waals surface area contributed by atoms with Crippen molar-refractivity contribution in [3.63, 3.8) is 0 Å². The summed E-state index contributed by atoms with van der Waals surface area (Å²) in [6, 6.07) is 14.4. The van der Waals surface area contributed by atoms with Gasteiger partial charge < -0.3 is 23.7 Å². The zero-order chi connectivity index (χ0) is 31.2. The lowest BCUT2D eigenvalue weighted by Gasteiger charge is -2.37. The maximum absolute atomic E-state index is 14.3. The second-order valence-corrected chi connectivity index (χ2v) is 11.0. The van der Waals surface area contributed by atoms with Crippen molar-refractivity contribution in [2.24, 2.45) is 0 Å². The van der Waals surface area contributed by atoms with Gasteiger partial charge in [-0.25, -0.2) is 9.59 Å². The molecule has 12 heteroatoms. The molecule has 1 saturated heterocycles. The summed E-state index contributed by atoms with van der Waals surface area (Å²) in [6.45, 7) is 5.69. The number of hydrogen-bond acceptors (Lipinski definition) is 8. The monoisotopic (exact) mass is 595 g/mol. The Labute approximate surface area is 242 Å². The third-order valence-corrected chi connectivity index (χ3v) is 6.67. The minimum atomic E-state index is -5.16. The van der Waals surface area contributed by atoms with Crippen molar-refractivity contribution in [2.45, 2.75) is 76.3 Å². The van der Waals surface area contributed by atoms with Gasteiger partial charge in [-0.15, -0.1) is 0 Å². The number of benzene rings is 2. The molecule has 2 aromatic rings. The van der Waals surface area contributed by atoms with Crippen molar-refractivity contribution in [1.29, 1.82) is 0 Å². The molecule has 1 amide bonds. The summed E-state index contributed by atoms with van der Waals surface area (Å²) < 4.78 is 69.6. The maximum atomic E-state index is 14.3. The van der Waals surface area contributed by atoms with E-state index in [-0.39, 0.29) is 26.1 Å². The number of methoxy groups -OCH3 is 1. The number of ether oxygens (including phenoxy) is 5. The predicted octanol–water partition coefficient (Wildman–Crippen LogP) is 5.51. The Morgan fingerprint density at radius 2 is 1.57 bits per heavy atom. The van der Waals surface area contributed by atoms with E-state index in [1.54, 1.807) is 39.8 Å². The first-order valence-corrected chi connectivity index (χ1v) is 13.3. The third kappa shape index (κ3) is 7.60. The number of nitrogens with zero attached hydrogens (tertiary/aromatic N) is 1. The zero-order valence-electron chi connectivity index (χ0n) is 24.2. The first-order valence-electron chi connectivity index (χ1n) is 13.3. The van der Waals surface area contributed by atoms with Gasteiger partial charge in [-0.1, -0.05) is 60.7 Å². The Morgan fingerprint density at radius 3 is 2.12 bits per heavy atom. The molecular weight excluding hydrogens is 559 g/mol. The molecule has 230 valence electrons. The van der Waals surface area contributed by atoms with Gasteiger partial charge in [0, 0.05) is 19.1 Å². The van der Waals surface area contributed by atoms with Crippen molar-refractivity contribution in [3.05, 3.63) is 71.8 Å². The van der Waals surface area contributed by atoms with Gasteiger partial charge in [0.05, 0.1) is 19.1 Å². The van der Waals surface area contributed by atoms with Crippen LogP contribution in [-0.2, 0) is 45.5 Å². The summed E-state index contributed by atoms with van der Waals surface area (Å²) in [4.78, 5) is 40.0. The highest BCUT2D eigenvalue weighted by Gasteiger charge is 2.64. The molecule has 0 unspecified atom stereocenters. The summed E-state index contributed by atoms with van der Waals surface area (Å²) in [5.41, 5.74) is -5.39. The number of halogens is 3. The van der Waals surface area contributed by atoms with E-state index in [9.17, 15) is 27.6 Å². The molecule has 0 saturated carbocycles. The topological polar surface area (TPSA) is 101 Å². The lowest BCUT2D eigenvalue weighted by atomic mass is 9.92. The number of hydrogen-bond donors (Lipinski definition) is 0. The van der Waals surface area contributed by atoms with E-state index < -0.39 is 59.3 Å². The van der Waals surface area contributed by atoms with Crippen LogP contribution < -0.4 is 0 Å². The van der Waals surface area contributed by atoms with Crippen LogP contribution in [0.15, 0.2) is 60.7 Å². The number of carbonyl (C=O) groups is 3. The van der Waals surface area contributed by atoms with Crippen LogP contribution in [0.4, 0.5) is 18.0 Å². The van der Waals surface area contributed by atoms with Gasteiger partial charge in [0.15, 0.2) is 0 Å². The fraction of sp³-hybridized carbons (Fsp3) is 0.500. The normalized spacial score (nSPS) is 20.5. The molecule has 3 rings (SSSR count). The molecule has 1 aliphatic rings. The molecule has 0 radical (unpaired) electrons. The second-order valence-electron chi connectivity index (χ2n) is 11.0. The van der Waals surface area contributed by atoms with Crippen molar-refractivity contribution in [3.8, 4) is 0 Å². The predicted molar refractivity (Wildman–Crippen MR) is 144 cm³/mol. The molecular formula is C30H36F3NO8. The van der Waals surface area contributed by atoms with Crippen LogP contribution in [0.25, 0.3) is 0 Å². The Bertz CT molecular complexity index is 1220.